The first kappa shape index (κ1) is 13.5. The predicted octanol–water partition coefficient (Wildman–Crippen LogP) is 3.85. The average molecular weight is 285 g/mol. The molecule has 1 aromatic heterocycles. The van der Waals surface area contributed by atoms with Crippen LogP contribution in [-0.2, 0) is 5.33 Å². The smallest absolute Gasteiger partial charge is 0.128 e. The molecule has 16 heavy (non-hydrogen) atoms. The minimum Gasteiger partial charge on any atom is -0.357 e. The van der Waals surface area contributed by atoms with Crippen molar-refractivity contribution in [1.29, 1.82) is 0 Å². The summed E-state index contributed by atoms with van der Waals surface area (Å²) in [6.45, 7) is 6.76. The van der Waals surface area contributed by atoms with E-state index in [0.717, 1.165) is 17.1 Å². The first-order valence-electron chi connectivity index (χ1n) is 5.78. The molecule has 1 rings (SSSR count). The number of nitrogens with zero attached hydrogens (tertiary/aromatic N) is 2. The Morgan fingerprint density at radius 1 is 1.31 bits per heavy atom. The molecule has 0 aliphatic rings. The van der Waals surface area contributed by atoms with E-state index in [9.17, 15) is 0 Å². The highest BCUT2D eigenvalue weighted by Gasteiger charge is 2.12. The third-order valence-corrected chi connectivity index (χ3v) is 3.45. The summed E-state index contributed by atoms with van der Waals surface area (Å²) in [5, 5.41) is 0.867. The van der Waals surface area contributed by atoms with Crippen molar-refractivity contribution >= 4 is 21.7 Å². The van der Waals surface area contributed by atoms with Crippen LogP contribution in [0.3, 0.4) is 0 Å². The van der Waals surface area contributed by atoms with Crippen molar-refractivity contribution in [2.24, 2.45) is 5.92 Å². The van der Waals surface area contributed by atoms with Gasteiger partial charge in [0.1, 0.15) is 5.82 Å². The molecule has 1 aromatic rings. The SMILES string of the molecule is CC(C)CC(C)N(C)c1ccc(CBr)cn1. The third kappa shape index (κ3) is 3.78. The van der Waals surface area contributed by atoms with E-state index in [-0.39, 0.29) is 0 Å². The number of hydrogen-bond donors (Lipinski definition) is 0. The molecule has 3 heteroatoms. The molecule has 2 nitrogen and oxygen atoms in total. The van der Waals surface area contributed by atoms with Gasteiger partial charge in [-0.3, -0.25) is 0 Å². The highest BCUT2D eigenvalue weighted by molar-refractivity contribution is 9.08. The normalized spacial score (nSPS) is 12.9. The molecule has 0 aromatic carbocycles. The molecule has 0 saturated carbocycles. The molecule has 0 radical (unpaired) electrons. The van der Waals surface area contributed by atoms with Crippen molar-refractivity contribution in [1.82, 2.24) is 4.98 Å². The molecule has 0 aliphatic carbocycles. The molecule has 90 valence electrons. The second kappa shape index (κ2) is 6.24. The van der Waals surface area contributed by atoms with Crippen molar-refractivity contribution in [3.63, 3.8) is 0 Å². The van der Waals surface area contributed by atoms with Crippen LogP contribution in [0.25, 0.3) is 0 Å². The van der Waals surface area contributed by atoms with Crippen LogP contribution in [0.5, 0.6) is 0 Å². The van der Waals surface area contributed by atoms with Gasteiger partial charge in [-0.05, 0) is 30.9 Å². The molecule has 0 bridgehead atoms. The number of alkyl halides is 1. The first-order valence-corrected chi connectivity index (χ1v) is 6.90. The maximum absolute atomic E-state index is 4.47. The van der Waals surface area contributed by atoms with Gasteiger partial charge in [0.2, 0.25) is 0 Å². The molecule has 0 amide bonds. The minimum atomic E-state index is 0.530. The lowest BCUT2D eigenvalue weighted by Gasteiger charge is -2.27. The van der Waals surface area contributed by atoms with E-state index in [0.29, 0.717) is 6.04 Å². The number of aromatic nitrogens is 1. The highest BCUT2D eigenvalue weighted by Crippen LogP contribution is 2.17. The van der Waals surface area contributed by atoms with E-state index in [1.54, 1.807) is 0 Å². The fourth-order valence-electron chi connectivity index (χ4n) is 1.77. The first-order chi connectivity index (χ1) is 7.54. The topological polar surface area (TPSA) is 16.1 Å². The van der Waals surface area contributed by atoms with Gasteiger partial charge in [0.15, 0.2) is 0 Å². The Bertz CT molecular complexity index is 308. The van der Waals surface area contributed by atoms with Crippen LogP contribution in [0.15, 0.2) is 18.3 Å². The van der Waals surface area contributed by atoms with Crippen molar-refractivity contribution in [2.75, 3.05) is 11.9 Å². The van der Waals surface area contributed by atoms with Crippen LogP contribution in [0, 0.1) is 5.92 Å². The summed E-state index contributed by atoms with van der Waals surface area (Å²) >= 11 is 3.43. The molecule has 0 aliphatic heterocycles. The highest BCUT2D eigenvalue weighted by atomic mass is 79.9. The lowest BCUT2D eigenvalue weighted by Crippen LogP contribution is -2.30. The summed E-state index contributed by atoms with van der Waals surface area (Å²) in [7, 11) is 2.11. The van der Waals surface area contributed by atoms with Gasteiger partial charge in [-0.1, -0.05) is 35.8 Å². The maximum Gasteiger partial charge on any atom is 0.128 e. The lowest BCUT2D eigenvalue weighted by atomic mass is 10.0. The van der Waals surface area contributed by atoms with Gasteiger partial charge >= 0.3 is 0 Å². The summed E-state index contributed by atoms with van der Waals surface area (Å²) in [4.78, 5) is 6.72. The van der Waals surface area contributed by atoms with Gasteiger partial charge in [0.05, 0.1) is 0 Å². The van der Waals surface area contributed by atoms with E-state index in [1.807, 2.05) is 6.20 Å². The fourth-order valence-corrected chi connectivity index (χ4v) is 2.10. The number of halogens is 1. The lowest BCUT2D eigenvalue weighted by molar-refractivity contribution is 0.502. The van der Waals surface area contributed by atoms with Gasteiger partial charge < -0.3 is 4.90 Å². The van der Waals surface area contributed by atoms with E-state index in [1.165, 1.54) is 12.0 Å². The van der Waals surface area contributed by atoms with Crippen molar-refractivity contribution < 1.29 is 0 Å². The van der Waals surface area contributed by atoms with Gasteiger partial charge in [-0.25, -0.2) is 4.98 Å². The van der Waals surface area contributed by atoms with E-state index >= 15 is 0 Å². The second-order valence-electron chi connectivity index (χ2n) is 4.75. The van der Waals surface area contributed by atoms with E-state index in [2.05, 4.69) is 65.8 Å². The van der Waals surface area contributed by atoms with E-state index < -0.39 is 0 Å². The average Bonchev–Trinajstić information content (AvgIpc) is 2.27. The predicted molar refractivity (Wildman–Crippen MR) is 74.2 cm³/mol. The molecule has 1 atom stereocenters. The minimum absolute atomic E-state index is 0.530. The van der Waals surface area contributed by atoms with Crippen LogP contribution in [0.4, 0.5) is 5.82 Å². The summed E-state index contributed by atoms with van der Waals surface area (Å²) in [6.07, 6.45) is 3.13. The Labute approximate surface area is 107 Å². The summed E-state index contributed by atoms with van der Waals surface area (Å²) in [5.74, 6) is 1.78. The van der Waals surface area contributed by atoms with Gasteiger partial charge in [0.25, 0.3) is 0 Å². The van der Waals surface area contributed by atoms with E-state index in [4.69, 9.17) is 0 Å². The standard InChI is InChI=1S/C13H21BrN2/c1-10(2)7-11(3)16(4)13-6-5-12(8-14)9-15-13/h5-6,9-11H,7-8H2,1-4H3. The second-order valence-corrected chi connectivity index (χ2v) is 5.31. The molecule has 1 heterocycles. The van der Waals surface area contributed by atoms with Crippen molar-refractivity contribution in [3.05, 3.63) is 23.9 Å². The molecule has 0 spiro atoms. The zero-order chi connectivity index (χ0) is 12.1. The Balaban J connectivity index is 2.67. The summed E-state index contributed by atoms with van der Waals surface area (Å²) < 4.78 is 0. The monoisotopic (exact) mass is 284 g/mol. The Morgan fingerprint density at radius 2 is 2.00 bits per heavy atom. The largest absolute Gasteiger partial charge is 0.357 e. The fraction of sp³-hybridized carbons (Fsp3) is 0.615. The number of hydrogen-bond acceptors (Lipinski definition) is 2. The zero-order valence-electron chi connectivity index (χ0n) is 10.6. The van der Waals surface area contributed by atoms with Gasteiger partial charge in [-0.2, -0.15) is 0 Å². The number of rotatable bonds is 5. The zero-order valence-corrected chi connectivity index (χ0v) is 12.2. The summed E-state index contributed by atoms with van der Waals surface area (Å²) in [6, 6.07) is 4.74. The molecule has 0 N–H and O–H groups in total. The molecule has 1 unspecified atom stereocenters. The Hall–Kier alpha value is -0.570. The Morgan fingerprint density at radius 3 is 2.44 bits per heavy atom. The van der Waals surface area contributed by atoms with Gasteiger partial charge in [-0.15, -0.1) is 0 Å². The molecular weight excluding hydrogens is 264 g/mol. The molecule has 0 saturated heterocycles. The number of pyridine rings is 1. The Kier molecular flexibility index (Phi) is 5.26. The maximum atomic E-state index is 4.47. The van der Waals surface area contributed by atoms with Crippen LogP contribution < -0.4 is 4.90 Å². The number of anilines is 1. The third-order valence-electron chi connectivity index (χ3n) is 2.80. The summed E-state index contributed by atoms with van der Waals surface area (Å²) in [5.41, 5.74) is 1.22. The molecule has 0 fully saturated rings. The van der Waals surface area contributed by atoms with Crippen LogP contribution >= 0.6 is 15.9 Å². The quantitative estimate of drug-likeness (QED) is 0.764. The van der Waals surface area contributed by atoms with Crippen LogP contribution in [0.2, 0.25) is 0 Å². The van der Waals surface area contributed by atoms with Gasteiger partial charge in [0, 0.05) is 24.6 Å². The van der Waals surface area contributed by atoms with Crippen LogP contribution in [0.1, 0.15) is 32.8 Å². The van der Waals surface area contributed by atoms with Crippen LogP contribution in [-0.4, -0.2) is 18.1 Å². The van der Waals surface area contributed by atoms with Crippen molar-refractivity contribution in [2.45, 2.75) is 38.6 Å². The molecular formula is C13H21BrN2. The van der Waals surface area contributed by atoms with Crippen molar-refractivity contribution in [3.8, 4) is 0 Å².